The maximum atomic E-state index is 6.11. The summed E-state index contributed by atoms with van der Waals surface area (Å²) in [5, 5.41) is 0. The van der Waals surface area contributed by atoms with Gasteiger partial charge in [0, 0.05) is 28.6 Å². The van der Waals surface area contributed by atoms with Crippen LogP contribution in [-0.2, 0) is 12.8 Å². The molecule has 0 saturated heterocycles. The molecule has 2 aromatic rings. The van der Waals surface area contributed by atoms with Crippen molar-refractivity contribution in [3.05, 3.63) is 45.7 Å². The van der Waals surface area contributed by atoms with E-state index >= 15 is 0 Å². The second-order valence-corrected chi connectivity index (χ2v) is 5.40. The first-order valence-electron chi connectivity index (χ1n) is 5.80. The van der Waals surface area contributed by atoms with Gasteiger partial charge in [-0.15, -0.1) is 11.3 Å². The fraction of sp³-hybridized carbons (Fsp3) is 0.385. The predicted octanol–water partition coefficient (Wildman–Crippen LogP) is 2.65. The van der Waals surface area contributed by atoms with Crippen LogP contribution < -0.4 is 5.73 Å². The number of nitrogens with two attached hydrogens (primary N) is 1. The van der Waals surface area contributed by atoms with Gasteiger partial charge in [0.2, 0.25) is 0 Å². The maximum Gasteiger partial charge on any atom is 0.145 e. The van der Waals surface area contributed by atoms with Crippen molar-refractivity contribution < 1.29 is 0 Å². The van der Waals surface area contributed by atoms with Crippen molar-refractivity contribution in [2.75, 3.05) is 0 Å². The van der Waals surface area contributed by atoms with Crippen LogP contribution in [0.15, 0.2) is 24.5 Å². The molecule has 2 aromatic heterocycles. The molecule has 0 spiro atoms. The highest BCUT2D eigenvalue weighted by Gasteiger charge is 2.11. The van der Waals surface area contributed by atoms with Gasteiger partial charge in [0.1, 0.15) is 5.82 Å². The zero-order valence-corrected chi connectivity index (χ0v) is 11.0. The molecule has 0 radical (unpaired) electrons. The van der Waals surface area contributed by atoms with Crippen LogP contribution in [0.5, 0.6) is 0 Å². The van der Waals surface area contributed by atoms with Gasteiger partial charge in [0.15, 0.2) is 0 Å². The van der Waals surface area contributed by atoms with Gasteiger partial charge >= 0.3 is 0 Å². The standard InChI is InChI=1S/C13H17N3S/c1-3-10-4-5-11(17-10)6-12(14)13-15-7-9(2)8-16-13/h4-5,7-8,12H,3,6,14H2,1-2H3. The number of hydrogen-bond acceptors (Lipinski definition) is 4. The second kappa shape index (κ2) is 5.38. The molecule has 3 nitrogen and oxygen atoms in total. The Balaban J connectivity index is 2.05. The van der Waals surface area contributed by atoms with Crippen LogP contribution in [-0.4, -0.2) is 9.97 Å². The van der Waals surface area contributed by atoms with Crippen LogP contribution in [0.4, 0.5) is 0 Å². The van der Waals surface area contributed by atoms with E-state index in [0.29, 0.717) is 0 Å². The first-order valence-corrected chi connectivity index (χ1v) is 6.62. The molecular weight excluding hydrogens is 230 g/mol. The van der Waals surface area contributed by atoms with E-state index in [2.05, 4.69) is 29.0 Å². The Morgan fingerprint density at radius 2 is 1.88 bits per heavy atom. The summed E-state index contributed by atoms with van der Waals surface area (Å²) in [7, 11) is 0. The lowest BCUT2D eigenvalue weighted by atomic mass is 10.2. The molecule has 0 fully saturated rings. The van der Waals surface area contributed by atoms with E-state index in [-0.39, 0.29) is 6.04 Å². The first kappa shape index (κ1) is 12.2. The van der Waals surface area contributed by atoms with Crippen LogP contribution in [0.25, 0.3) is 0 Å². The lowest BCUT2D eigenvalue weighted by Gasteiger charge is -2.08. The van der Waals surface area contributed by atoms with E-state index in [0.717, 1.165) is 24.2 Å². The molecule has 2 heterocycles. The van der Waals surface area contributed by atoms with Crippen LogP contribution in [0, 0.1) is 6.92 Å². The van der Waals surface area contributed by atoms with Gasteiger partial charge in [-0.05, 0) is 31.0 Å². The van der Waals surface area contributed by atoms with E-state index in [1.54, 1.807) is 0 Å². The summed E-state index contributed by atoms with van der Waals surface area (Å²) >= 11 is 1.82. The van der Waals surface area contributed by atoms with Gasteiger partial charge in [-0.2, -0.15) is 0 Å². The number of rotatable bonds is 4. The SMILES string of the molecule is CCc1ccc(CC(N)c2ncc(C)cn2)s1. The summed E-state index contributed by atoms with van der Waals surface area (Å²) in [5.74, 6) is 0.724. The molecular formula is C13H17N3S. The number of hydrogen-bond donors (Lipinski definition) is 1. The summed E-state index contributed by atoms with van der Waals surface area (Å²) in [6, 6.07) is 4.21. The lowest BCUT2D eigenvalue weighted by Crippen LogP contribution is -2.16. The van der Waals surface area contributed by atoms with Gasteiger partial charge in [0.25, 0.3) is 0 Å². The smallest absolute Gasteiger partial charge is 0.145 e. The molecule has 90 valence electrons. The largest absolute Gasteiger partial charge is 0.321 e. The van der Waals surface area contributed by atoms with E-state index in [4.69, 9.17) is 5.73 Å². The van der Waals surface area contributed by atoms with E-state index in [9.17, 15) is 0 Å². The maximum absolute atomic E-state index is 6.11. The van der Waals surface area contributed by atoms with Gasteiger partial charge in [-0.25, -0.2) is 9.97 Å². The van der Waals surface area contributed by atoms with E-state index < -0.39 is 0 Å². The molecule has 17 heavy (non-hydrogen) atoms. The van der Waals surface area contributed by atoms with Crippen molar-refractivity contribution >= 4 is 11.3 Å². The summed E-state index contributed by atoms with van der Waals surface area (Å²) in [6.07, 6.45) is 5.52. The Bertz CT molecular complexity index is 476. The second-order valence-electron chi connectivity index (χ2n) is 4.15. The molecule has 0 aliphatic rings. The van der Waals surface area contributed by atoms with Gasteiger partial charge in [0.05, 0.1) is 6.04 Å². The highest BCUT2D eigenvalue weighted by atomic mass is 32.1. The molecule has 2 rings (SSSR count). The van der Waals surface area contributed by atoms with Crippen molar-refractivity contribution in [2.45, 2.75) is 32.7 Å². The average Bonchev–Trinajstić information content (AvgIpc) is 2.77. The minimum Gasteiger partial charge on any atom is -0.321 e. The molecule has 1 atom stereocenters. The van der Waals surface area contributed by atoms with E-state index in [1.165, 1.54) is 9.75 Å². The minimum atomic E-state index is -0.112. The van der Waals surface area contributed by atoms with E-state index in [1.807, 2.05) is 30.7 Å². The van der Waals surface area contributed by atoms with Crippen molar-refractivity contribution in [1.82, 2.24) is 9.97 Å². The minimum absolute atomic E-state index is 0.112. The number of aryl methyl sites for hydroxylation is 2. The van der Waals surface area contributed by atoms with Crippen LogP contribution in [0.3, 0.4) is 0 Å². The van der Waals surface area contributed by atoms with Gasteiger partial charge in [-0.1, -0.05) is 6.92 Å². The quantitative estimate of drug-likeness (QED) is 0.903. The highest BCUT2D eigenvalue weighted by molar-refractivity contribution is 7.11. The number of thiophene rings is 1. The van der Waals surface area contributed by atoms with Gasteiger partial charge < -0.3 is 5.73 Å². The van der Waals surface area contributed by atoms with Crippen LogP contribution in [0.1, 0.15) is 34.1 Å². The summed E-state index contributed by atoms with van der Waals surface area (Å²) in [4.78, 5) is 11.2. The Kier molecular flexibility index (Phi) is 3.86. The van der Waals surface area contributed by atoms with Crippen molar-refractivity contribution in [3.8, 4) is 0 Å². The fourth-order valence-electron chi connectivity index (χ4n) is 1.62. The molecule has 1 unspecified atom stereocenters. The van der Waals surface area contributed by atoms with Crippen molar-refractivity contribution in [1.29, 1.82) is 0 Å². The van der Waals surface area contributed by atoms with Crippen LogP contribution in [0.2, 0.25) is 0 Å². The summed E-state index contributed by atoms with van der Waals surface area (Å²) in [6.45, 7) is 4.14. The molecule has 2 N–H and O–H groups in total. The Morgan fingerprint density at radius 3 is 2.47 bits per heavy atom. The Labute approximate surface area is 106 Å². The monoisotopic (exact) mass is 247 g/mol. The van der Waals surface area contributed by atoms with Crippen LogP contribution >= 0.6 is 11.3 Å². The summed E-state index contributed by atoms with van der Waals surface area (Å²) in [5.41, 5.74) is 7.17. The van der Waals surface area contributed by atoms with Crippen molar-refractivity contribution in [3.63, 3.8) is 0 Å². The number of nitrogens with zero attached hydrogens (tertiary/aromatic N) is 2. The Morgan fingerprint density at radius 1 is 1.24 bits per heavy atom. The molecule has 0 amide bonds. The average molecular weight is 247 g/mol. The molecule has 0 aliphatic carbocycles. The summed E-state index contributed by atoms with van der Waals surface area (Å²) < 4.78 is 0. The first-order chi connectivity index (χ1) is 8.19. The third-order valence-corrected chi connectivity index (χ3v) is 3.87. The zero-order valence-electron chi connectivity index (χ0n) is 10.2. The Hall–Kier alpha value is -1.26. The molecule has 0 aromatic carbocycles. The predicted molar refractivity (Wildman–Crippen MR) is 71.1 cm³/mol. The molecule has 0 saturated carbocycles. The third-order valence-electron chi connectivity index (χ3n) is 2.62. The zero-order chi connectivity index (χ0) is 12.3. The fourth-order valence-corrected chi connectivity index (χ4v) is 2.64. The molecule has 4 heteroatoms. The third kappa shape index (κ3) is 3.11. The normalized spacial score (nSPS) is 12.6. The molecule has 0 bridgehead atoms. The molecule has 0 aliphatic heterocycles. The van der Waals surface area contributed by atoms with Gasteiger partial charge in [-0.3, -0.25) is 0 Å². The highest BCUT2D eigenvalue weighted by Crippen LogP contribution is 2.21. The topological polar surface area (TPSA) is 51.8 Å². The van der Waals surface area contributed by atoms with Crippen molar-refractivity contribution in [2.24, 2.45) is 5.73 Å². The number of aromatic nitrogens is 2. The lowest BCUT2D eigenvalue weighted by molar-refractivity contribution is 0.671.